The molecule has 0 radical (unpaired) electrons. The lowest BCUT2D eigenvalue weighted by Crippen LogP contribution is -2.28. The molecule has 0 unspecified atom stereocenters. The van der Waals surface area contributed by atoms with E-state index in [0.717, 1.165) is 23.4 Å². The summed E-state index contributed by atoms with van der Waals surface area (Å²) in [4.78, 5) is 30.7. The highest BCUT2D eigenvalue weighted by Gasteiger charge is 2.39. The minimum absolute atomic E-state index is 0.0203. The summed E-state index contributed by atoms with van der Waals surface area (Å²) in [5.74, 6) is -4.73. The van der Waals surface area contributed by atoms with Crippen molar-refractivity contribution in [3.05, 3.63) is 66.5 Å². The number of carboxylic acid groups (broad SMARTS) is 2. The summed E-state index contributed by atoms with van der Waals surface area (Å²) in [6, 6.07) is 15.9. The lowest BCUT2D eigenvalue weighted by atomic mass is 9.88. The van der Waals surface area contributed by atoms with E-state index in [1.807, 2.05) is 42.6 Å². The van der Waals surface area contributed by atoms with Gasteiger partial charge in [0.15, 0.2) is 0 Å². The normalized spacial score (nSPS) is 16.4. The number of rotatable bonds is 5. The number of alkyl halides is 6. The minimum atomic E-state index is -5.08. The van der Waals surface area contributed by atoms with Gasteiger partial charge in [-0.1, -0.05) is 30.3 Å². The van der Waals surface area contributed by atoms with Crippen LogP contribution in [0.5, 0.6) is 5.75 Å². The first-order chi connectivity index (χ1) is 19.1. The largest absolute Gasteiger partial charge is 0.496 e. The van der Waals surface area contributed by atoms with Crippen LogP contribution in [0.2, 0.25) is 0 Å². The van der Waals surface area contributed by atoms with Gasteiger partial charge >= 0.3 is 24.3 Å². The van der Waals surface area contributed by atoms with Crippen LogP contribution in [-0.4, -0.2) is 70.8 Å². The van der Waals surface area contributed by atoms with E-state index >= 15 is 0 Å². The Morgan fingerprint density at radius 2 is 1.54 bits per heavy atom. The number of amides is 1. The number of aliphatic carboxylic acids is 2. The lowest BCUT2D eigenvalue weighted by molar-refractivity contribution is -0.193. The molecule has 3 aromatic rings. The van der Waals surface area contributed by atoms with Crippen LogP contribution in [-0.2, 0) is 14.4 Å². The summed E-state index contributed by atoms with van der Waals surface area (Å²) >= 11 is 0. The lowest BCUT2D eigenvalue weighted by Gasteiger charge is -2.19. The molecular weight excluding hydrogens is 566 g/mol. The van der Waals surface area contributed by atoms with Crippen molar-refractivity contribution in [1.82, 2.24) is 15.5 Å². The highest BCUT2D eigenvalue weighted by atomic mass is 19.4. The zero-order chi connectivity index (χ0) is 30.8. The van der Waals surface area contributed by atoms with E-state index in [1.54, 1.807) is 13.3 Å². The number of carbonyl (C=O) groups excluding carboxylic acids is 1. The highest BCUT2D eigenvalue weighted by Crippen LogP contribution is 2.33. The first-order valence-corrected chi connectivity index (χ1v) is 11.5. The summed E-state index contributed by atoms with van der Waals surface area (Å²) in [5, 5.41) is 27.4. The van der Waals surface area contributed by atoms with Gasteiger partial charge in [-0.15, -0.1) is 0 Å². The van der Waals surface area contributed by atoms with E-state index in [4.69, 9.17) is 24.5 Å². The van der Waals surface area contributed by atoms with E-state index < -0.39 is 24.3 Å². The van der Waals surface area contributed by atoms with Crippen molar-refractivity contribution < 1.29 is 55.7 Å². The van der Waals surface area contributed by atoms with Crippen molar-refractivity contribution in [1.29, 1.82) is 0 Å². The quantitative estimate of drug-likeness (QED) is 0.276. The number of nitrogens with zero attached hydrogens (tertiary/aromatic N) is 1. The van der Waals surface area contributed by atoms with Gasteiger partial charge in [0.05, 0.1) is 19.2 Å². The molecule has 2 aromatic carbocycles. The van der Waals surface area contributed by atoms with Gasteiger partial charge in [-0.2, -0.15) is 31.4 Å². The smallest absolute Gasteiger partial charge is 0.490 e. The van der Waals surface area contributed by atoms with Crippen LogP contribution in [0.1, 0.15) is 11.5 Å². The minimum Gasteiger partial charge on any atom is -0.496 e. The second-order valence-electron chi connectivity index (χ2n) is 8.28. The number of methoxy groups -OCH3 is 1. The van der Waals surface area contributed by atoms with Crippen LogP contribution in [0.3, 0.4) is 0 Å². The average Bonchev–Trinajstić information content (AvgIpc) is 3.62. The molecule has 41 heavy (non-hydrogen) atoms. The number of halogens is 6. The third-order valence-electron chi connectivity index (χ3n) is 5.54. The van der Waals surface area contributed by atoms with Crippen LogP contribution < -0.4 is 15.4 Å². The maximum Gasteiger partial charge on any atom is 0.490 e. The number of anilines is 1. The Bertz CT molecular complexity index is 1280. The standard InChI is InChI=1S/C21H22N4O2.2C2HF3O2/c1-27-20-9-16(7-8-17(20)15-10-23-24-11-15)25-21(26)19-13-22-12-18(19)14-5-3-2-4-6-14;2*3-2(4,5)1(6)7/h2-11,18-19,22H,12-13H2,1H3,(H,23,24)(H,25,26);2*(H,6,7)/t18-,19+;;/m1../s1. The van der Waals surface area contributed by atoms with Crippen LogP contribution in [0.4, 0.5) is 32.0 Å². The van der Waals surface area contributed by atoms with E-state index in [2.05, 4.69) is 33.0 Å². The molecule has 0 bridgehead atoms. The number of benzene rings is 2. The molecule has 10 nitrogen and oxygen atoms in total. The maximum atomic E-state index is 12.9. The molecule has 2 atom stereocenters. The number of carbonyl (C=O) groups is 3. The molecule has 4 rings (SSSR count). The molecule has 0 saturated carbocycles. The molecular formula is C25H24F6N4O6. The molecule has 1 aromatic heterocycles. The Morgan fingerprint density at radius 1 is 0.951 bits per heavy atom. The van der Waals surface area contributed by atoms with Gasteiger partial charge in [-0.25, -0.2) is 9.59 Å². The summed E-state index contributed by atoms with van der Waals surface area (Å²) in [6.07, 6.45) is -6.62. The summed E-state index contributed by atoms with van der Waals surface area (Å²) in [7, 11) is 1.62. The highest BCUT2D eigenvalue weighted by molar-refractivity contribution is 5.94. The van der Waals surface area contributed by atoms with Crippen molar-refractivity contribution in [3.63, 3.8) is 0 Å². The zero-order valence-corrected chi connectivity index (χ0v) is 21.1. The number of aromatic nitrogens is 2. The molecule has 0 spiro atoms. The molecule has 0 aliphatic carbocycles. The molecule has 1 aliphatic heterocycles. The number of hydrogen-bond donors (Lipinski definition) is 5. The Balaban J connectivity index is 0.000000349. The third kappa shape index (κ3) is 9.82. The molecule has 5 N–H and O–H groups in total. The number of carboxylic acids is 2. The number of H-pyrrole nitrogens is 1. The molecule has 1 fully saturated rings. The van der Waals surface area contributed by atoms with Gasteiger partial charge in [0.2, 0.25) is 5.91 Å². The van der Waals surface area contributed by atoms with Crippen molar-refractivity contribution >= 4 is 23.5 Å². The number of hydrogen-bond acceptors (Lipinski definition) is 6. The van der Waals surface area contributed by atoms with Crippen molar-refractivity contribution in [2.75, 3.05) is 25.5 Å². The number of nitrogens with one attached hydrogen (secondary N) is 3. The van der Waals surface area contributed by atoms with Gasteiger partial charge in [-0.05, 0) is 17.7 Å². The topological polar surface area (TPSA) is 154 Å². The molecule has 16 heteroatoms. The zero-order valence-electron chi connectivity index (χ0n) is 21.1. The number of aromatic amines is 1. The Labute approximate surface area is 228 Å². The van der Waals surface area contributed by atoms with Crippen molar-refractivity contribution in [3.8, 4) is 16.9 Å². The Kier molecular flexibility index (Phi) is 11.3. The fourth-order valence-electron chi connectivity index (χ4n) is 3.65. The number of ether oxygens (including phenoxy) is 1. The van der Waals surface area contributed by atoms with Crippen LogP contribution in [0.25, 0.3) is 11.1 Å². The van der Waals surface area contributed by atoms with Gasteiger partial charge < -0.3 is 25.6 Å². The third-order valence-corrected chi connectivity index (χ3v) is 5.54. The van der Waals surface area contributed by atoms with Crippen LogP contribution in [0, 0.1) is 5.92 Å². The van der Waals surface area contributed by atoms with E-state index in [-0.39, 0.29) is 17.7 Å². The Hall–Kier alpha value is -4.60. The fourth-order valence-corrected chi connectivity index (χ4v) is 3.65. The predicted octanol–water partition coefficient (Wildman–Crippen LogP) is 4.29. The van der Waals surface area contributed by atoms with E-state index in [1.165, 1.54) is 5.56 Å². The SMILES string of the molecule is COc1cc(NC(=O)[C@H]2CNC[C@@H]2c2ccccc2)ccc1-c1cn[nH]c1.O=C(O)C(F)(F)F.O=C(O)C(F)(F)F. The van der Waals surface area contributed by atoms with Gasteiger partial charge in [-0.3, -0.25) is 9.89 Å². The average molecular weight is 590 g/mol. The molecule has 1 aliphatic rings. The first-order valence-electron chi connectivity index (χ1n) is 11.5. The summed E-state index contributed by atoms with van der Waals surface area (Å²) in [6.45, 7) is 1.49. The summed E-state index contributed by atoms with van der Waals surface area (Å²) in [5.41, 5.74) is 3.78. The van der Waals surface area contributed by atoms with Crippen LogP contribution in [0.15, 0.2) is 60.9 Å². The van der Waals surface area contributed by atoms with Gasteiger partial charge in [0, 0.05) is 48.1 Å². The monoisotopic (exact) mass is 590 g/mol. The second-order valence-corrected chi connectivity index (χ2v) is 8.28. The fraction of sp³-hybridized carbons (Fsp3) is 0.280. The van der Waals surface area contributed by atoms with Crippen molar-refractivity contribution in [2.24, 2.45) is 5.92 Å². The summed E-state index contributed by atoms with van der Waals surface area (Å²) < 4.78 is 69.0. The van der Waals surface area contributed by atoms with E-state index in [0.29, 0.717) is 12.3 Å². The molecule has 222 valence electrons. The predicted molar refractivity (Wildman–Crippen MR) is 132 cm³/mol. The van der Waals surface area contributed by atoms with Gasteiger partial charge in [0.1, 0.15) is 5.75 Å². The van der Waals surface area contributed by atoms with Crippen LogP contribution >= 0.6 is 0 Å². The molecule has 1 amide bonds. The van der Waals surface area contributed by atoms with Crippen molar-refractivity contribution in [2.45, 2.75) is 18.3 Å². The second kappa shape index (κ2) is 14.2. The van der Waals surface area contributed by atoms with E-state index in [9.17, 15) is 31.1 Å². The molecule has 2 heterocycles. The maximum absolute atomic E-state index is 12.9. The first kappa shape index (κ1) is 32.6. The Morgan fingerprint density at radius 3 is 2.02 bits per heavy atom. The van der Waals surface area contributed by atoms with Gasteiger partial charge in [0.25, 0.3) is 0 Å². The molecule has 1 saturated heterocycles.